The second-order valence-electron chi connectivity index (χ2n) is 6.80. The van der Waals surface area contributed by atoms with E-state index >= 15 is 0 Å². The number of rotatable bonds is 9. The number of carbonyl (C=O) groups excluding carboxylic acids is 1. The number of methoxy groups -OCH3 is 2. The molecule has 162 valence electrons. The molecule has 1 amide bonds. The van der Waals surface area contributed by atoms with Crippen molar-refractivity contribution < 1.29 is 14.3 Å². The van der Waals surface area contributed by atoms with Crippen LogP contribution in [0.3, 0.4) is 0 Å². The van der Waals surface area contributed by atoms with Crippen LogP contribution in [0.25, 0.3) is 0 Å². The summed E-state index contributed by atoms with van der Waals surface area (Å²) < 4.78 is 10.8. The van der Waals surface area contributed by atoms with Crippen LogP contribution in [0, 0.1) is 0 Å². The van der Waals surface area contributed by atoms with E-state index < -0.39 is 0 Å². The van der Waals surface area contributed by atoms with Gasteiger partial charge in [-0.3, -0.25) is 9.79 Å². The number of benzene rings is 2. The molecule has 0 aromatic heterocycles. The summed E-state index contributed by atoms with van der Waals surface area (Å²) in [7, 11) is 6.93. The molecule has 0 unspecified atom stereocenters. The van der Waals surface area contributed by atoms with E-state index in [1.807, 2.05) is 56.4 Å². The fourth-order valence-corrected chi connectivity index (χ4v) is 3.09. The third-order valence-corrected chi connectivity index (χ3v) is 4.68. The number of guanidine groups is 1. The van der Waals surface area contributed by atoms with Crippen LogP contribution >= 0.6 is 0 Å². The SMILES string of the molecule is CCNC(=NCCc1cccc(C(=O)NC)c1)N(C)Cc1ccc(OC)cc1OC. The number of hydrogen-bond acceptors (Lipinski definition) is 4. The zero-order valence-electron chi connectivity index (χ0n) is 18.5. The second-order valence-corrected chi connectivity index (χ2v) is 6.80. The Morgan fingerprint density at radius 3 is 2.60 bits per heavy atom. The fraction of sp³-hybridized carbons (Fsp3) is 0.391. The molecule has 7 nitrogen and oxygen atoms in total. The van der Waals surface area contributed by atoms with Gasteiger partial charge in [0.2, 0.25) is 0 Å². The molecule has 2 rings (SSSR count). The molecule has 0 fully saturated rings. The first-order valence-corrected chi connectivity index (χ1v) is 10.0. The van der Waals surface area contributed by atoms with Crippen LogP contribution in [0.2, 0.25) is 0 Å². The molecule has 2 N–H and O–H groups in total. The van der Waals surface area contributed by atoms with Gasteiger partial charge in [0.05, 0.1) is 14.2 Å². The maximum atomic E-state index is 11.8. The minimum Gasteiger partial charge on any atom is -0.497 e. The van der Waals surface area contributed by atoms with Gasteiger partial charge in [-0.05, 0) is 43.2 Å². The second kappa shape index (κ2) is 11.7. The zero-order valence-corrected chi connectivity index (χ0v) is 18.5. The predicted octanol–water partition coefficient (Wildman–Crippen LogP) is 2.70. The smallest absolute Gasteiger partial charge is 0.251 e. The van der Waals surface area contributed by atoms with Crippen molar-refractivity contribution in [3.8, 4) is 11.5 Å². The highest BCUT2D eigenvalue weighted by molar-refractivity contribution is 5.94. The van der Waals surface area contributed by atoms with E-state index in [1.165, 1.54) is 0 Å². The molecule has 2 aromatic carbocycles. The Hall–Kier alpha value is -3.22. The van der Waals surface area contributed by atoms with Crippen LogP contribution < -0.4 is 20.1 Å². The molecule has 0 heterocycles. The minimum absolute atomic E-state index is 0.0816. The van der Waals surface area contributed by atoms with Crippen molar-refractivity contribution in [2.45, 2.75) is 19.9 Å². The molecular formula is C23H32N4O3. The van der Waals surface area contributed by atoms with Gasteiger partial charge in [-0.15, -0.1) is 0 Å². The summed E-state index contributed by atoms with van der Waals surface area (Å²) in [5, 5.41) is 5.99. The normalized spacial score (nSPS) is 11.0. The Morgan fingerprint density at radius 2 is 1.93 bits per heavy atom. The van der Waals surface area contributed by atoms with E-state index in [0.29, 0.717) is 18.7 Å². The standard InChI is InChI=1S/C23H32N4O3/c1-6-25-23(26-13-12-17-8-7-9-18(14-17)22(28)24-2)27(3)16-19-10-11-20(29-4)15-21(19)30-5/h7-11,14-15H,6,12-13,16H2,1-5H3,(H,24,28)(H,25,26). The lowest BCUT2D eigenvalue weighted by molar-refractivity contribution is 0.0963. The van der Waals surface area contributed by atoms with Gasteiger partial charge < -0.3 is 25.0 Å². The van der Waals surface area contributed by atoms with Gasteiger partial charge in [-0.25, -0.2) is 0 Å². The Balaban J connectivity index is 2.07. The molecular weight excluding hydrogens is 380 g/mol. The van der Waals surface area contributed by atoms with Crippen LogP contribution in [-0.2, 0) is 13.0 Å². The van der Waals surface area contributed by atoms with Gasteiger partial charge in [-0.2, -0.15) is 0 Å². The van der Waals surface area contributed by atoms with Crippen molar-refractivity contribution in [2.75, 3.05) is 41.4 Å². The molecule has 0 aliphatic rings. The highest BCUT2D eigenvalue weighted by atomic mass is 16.5. The van der Waals surface area contributed by atoms with Crippen LogP contribution in [0.1, 0.15) is 28.4 Å². The Labute approximate surface area is 179 Å². The summed E-state index contributed by atoms with van der Waals surface area (Å²) in [5.41, 5.74) is 2.79. The molecule has 2 aromatic rings. The average Bonchev–Trinajstić information content (AvgIpc) is 2.78. The predicted molar refractivity (Wildman–Crippen MR) is 121 cm³/mol. The summed E-state index contributed by atoms with van der Waals surface area (Å²) in [4.78, 5) is 18.6. The number of nitrogens with zero attached hydrogens (tertiary/aromatic N) is 2. The third kappa shape index (κ3) is 6.40. The van der Waals surface area contributed by atoms with Crippen molar-refractivity contribution in [3.63, 3.8) is 0 Å². The number of amides is 1. The van der Waals surface area contributed by atoms with Crippen LogP contribution in [-0.4, -0.2) is 58.2 Å². The molecule has 0 saturated heterocycles. The van der Waals surface area contributed by atoms with Gasteiger partial charge in [0.25, 0.3) is 5.91 Å². The largest absolute Gasteiger partial charge is 0.497 e. The Morgan fingerprint density at radius 1 is 1.13 bits per heavy atom. The number of ether oxygens (including phenoxy) is 2. The number of nitrogens with one attached hydrogen (secondary N) is 2. The van der Waals surface area contributed by atoms with E-state index in [-0.39, 0.29) is 5.91 Å². The first-order chi connectivity index (χ1) is 14.5. The summed E-state index contributed by atoms with van der Waals surface area (Å²) >= 11 is 0. The van der Waals surface area contributed by atoms with Gasteiger partial charge in [0.15, 0.2) is 5.96 Å². The molecule has 30 heavy (non-hydrogen) atoms. The van der Waals surface area contributed by atoms with Crippen molar-refractivity contribution in [3.05, 3.63) is 59.2 Å². The first kappa shape index (κ1) is 23.1. The molecule has 0 saturated carbocycles. The van der Waals surface area contributed by atoms with Crippen LogP contribution in [0.15, 0.2) is 47.5 Å². The summed E-state index contributed by atoms with van der Waals surface area (Å²) in [6.45, 7) is 4.08. The van der Waals surface area contributed by atoms with Crippen molar-refractivity contribution >= 4 is 11.9 Å². The lowest BCUT2D eigenvalue weighted by atomic mass is 10.1. The Bertz CT molecular complexity index is 867. The van der Waals surface area contributed by atoms with E-state index in [0.717, 1.165) is 41.6 Å². The molecule has 0 radical (unpaired) electrons. The van der Waals surface area contributed by atoms with Crippen LogP contribution in [0.4, 0.5) is 0 Å². The molecule has 0 atom stereocenters. The van der Waals surface area contributed by atoms with Gasteiger partial charge in [-0.1, -0.05) is 12.1 Å². The fourth-order valence-electron chi connectivity index (χ4n) is 3.09. The van der Waals surface area contributed by atoms with Gasteiger partial charge >= 0.3 is 0 Å². The molecule has 0 aliphatic carbocycles. The number of carbonyl (C=O) groups is 1. The van der Waals surface area contributed by atoms with Crippen molar-refractivity contribution in [2.24, 2.45) is 4.99 Å². The minimum atomic E-state index is -0.0816. The number of aliphatic imine (C=N–C) groups is 1. The van der Waals surface area contributed by atoms with E-state index in [2.05, 4.69) is 15.5 Å². The highest BCUT2D eigenvalue weighted by Crippen LogP contribution is 2.25. The van der Waals surface area contributed by atoms with Crippen molar-refractivity contribution in [1.82, 2.24) is 15.5 Å². The van der Waals surface area contributed by atoms with Crippen LogP contribution in [0.5, 0.6) is 11.5 Å². The summed E-state index contributed by atoms with van der Waals surface area (Å²) in [6, 6.07) is 13.4. The number of hydrogen-bond donors (Lipinski definition) is 2. The van der Waals surface area contributed by atoms with Gasteiger partial charge in [0, 0.05) is 50.9 Å². The zero-order chi connectivity index (χ0) is 21.9. The molecule has 0 aliphatic heterocycles. The molecule has 7 heteroatoms. The van der Waals surface area contributed by atoms with E-state index in [1.54, 1.807) is 21.3 Å². The maximum Gasteiger partial charge on any atom is 0.251 e. The monoisotopic (exact) mass is 412 g/mol. The molecule has 0 bridgehead atoms. The van der Waals surface area contributed by atoms with Crippen molar-refractivity contribution in [1.29, 1.82) is 0 Å². The summed E-state index contributed by atoms with van der Waals surface area (Å²) in [5.74, 6) is 2.28. The maximum absolute atomic E-state index is 11.8. The van der Waals surface area contributed by atoms with E-state index in [9.17, 15) is 4.79 Å². The lowest BCUT2D eigenvalue weighted by Gasteiger charge is -2.23. The summed E-state index contributed by atoms with van der Waals surface area (Å²) in [6.07, 6.45) is 0.749. The third-order valence-electron chi connectivity index (χ3n) is 4.68. The van der Waals surface area contributed by atoms with E-state index in [4.69, 9.17) is 14.5 Å². The lowest BCUT2D eigenvalue weighted by Crippen LogP contribution is -2.38. The Kier molecular flexibility index (Phi) is 9.00. The first-order valence-electron chi connectivity index (χ1n) is 10.0. The highest BCUT2D eigenvalue weighted by Gasteiger charge is 2.11. The molecule has 0 spiro atoms. The quantitative estimate of drug-likeness (QED) is 0.489. The average molecular weight is 413 g/mol. The van der Waals surface area contributed by atoms with Gasteiger partial charge in [0.1, 0.15) is 11.5 Å². The topological polar surface area (TPSA) is 75.2 Å².